The van der Waals surface area contributed by atoms with Crippen molar-refractivity contribution in [1.29, 1.82) is 0 Å². The standard InChI is InChI=1S/C16H18N4S/c1-11-12(2)20-8-7-19(9-15(20)17-11)10-16-18-13-5-3-4-6-14(13)21-16/h3-6H,7-10H2,1-2H3. The number of hydrogen-bond donors (Lipinski definition) is 0. The van der Waals surface area contributed by atoms with Crippen LogP contribution in [0, 0.1) is 13.8 Å². The van der Waals surface area contributed by atoms with E-state index in [1.165, 1.54) is 21.2 Å². The first-order chi connectivity index (χ1) is 10.2. The number of imidazole rings is 1. The van der Waals surface area contributed by atoms with Gasteiger partial charge in [-0.2, -0.15) is 0 Å². The van der Waals surface area contributed by atoms with E-state index in [1.807, 2.05) is 0 Å². The summed E-state index contributed by atoms with van der Waals surface area (Å²) in [6, 6.07) is 8.36. The Morgan fingerprint density at radius 3 is 2.86 bits per heavy atom. The Morgan fingerprint density at radius 2 is 2.00 bits per heavy atom. The molecule has 0 bridgehead atoms. The van der Waals surface area contributed by atoms with Crippen molar-refractivity contribution < 1.29 is 0 Å². The number of para-hydroxylation sites is 1. The molecule has 0 amide bonds. The Labute approximate surface area is 128 Å². The van der Waals surface area contributed by atoms with E-state index in [9.17, 15) is 0 Å². The zero-order chi connectivity index (χ0) is 14.4. The molecule has 0 N–H and O–H groups in total. The Balaban J connectivity index is 1.55. The number of benzene rings is 1. The van der Waals surface area contributed by atoms with Gasteiger partial charge in [0.1, 0.15) is 10.8 Å². The second-order valence-electron chi connectivity index (χ2n) is 5.64. The van der Waals surface area contributed by atoms with Crippen LogP contribution >= 0.6 is 11.3 Å². The van der Waals surface area contributed by atoms with Crippen molar-refractivity contribution in [2.24, 2.45) is 0 Å². The maximum atomic E-state index is 4.74. The summed E-state index contributed by atoms with van der Waals surface area (Å²) in [6.07, 6.45) is 0. The van der Waals surface area contributed by atoms with E-state index < -0.39 is 0 Å². The Hall–Kier alpha value is -1.72. The van der Waals surface area contributed by atoms with Gasteiger partial charge >= 0.3 is 0 Å². The fourth-order valence-electron chi connectivity index (χ4n) is 2.98. The van der Waals surface area contributed by atoms with Crippen molar-refractivity contribution in [2.75, 3.05) is 6.54 Å². The smallest absolute Gasteiger partial charge is 0.123 e. The van der Waals surface area contributed by atoms with E-state index in [0.717, 1.165) is 37.4 Å². The van der Waals surface area contributed by atoms with Gasteiger partial charge in [-0.25, -0.2) is 9.97 Å². The maximum absolute atomic E-state index is 4.74. The molecule has 3 aromatic rings. The normalized spacial score (nSPS) is 15.5. The van der Waals surface area contributed by atoms with E-state index in [-0.39, 0.29) is 0 Å². The molecule has 21 heavy (non-hydrogen) atoms. The summed E-state index contributed by atoms with van der Waals surface area (Å²) in [5.74, 6) is 1.19. The number of nitrogens with zero attached hydrogens (tertiary/aromatic N) is 4. The molecule has 0 saturated carbocycles. The van der Waals surface area contributed by atoms with Crippen LogP contribution in [0.1, 0.15) is 22.2 Å². The van der Waals surface area contributed by atoms with Crippen LogP contribution in [0.3, 0.4) is 0 Å². The lowest BCUT2D eigenvalue weighted by atomic mass is 10.3. The predicted octanol–water partition coefficient (Wildman–Crippen LogP) is 3.13. The summed E-state index contributed by atoms with van der Waals surface area (Å²) >= 11 is 1.80. The summed E-state index contributed by atoms with van der Waals surface area (Å²) < 4.78 is 3.63. The van der Waals surface area contributed by atoms with Crippen molar-refractivity contribution in [1.82, 2.24) is 19.4 Å². The van der Waals surface area contributed by atoms with Crippen LogP contribution < -0.4 is 0 Å². The quantitative estimate of drug-likeness (QED) is 0.729. The van der Waals surface area contributed by atoms with Crippen molar-refractivity contribution in [3.63, 3.8) is 0 Å². The van der Waals surface area contributed by atoms with Gasteiger partial charge in [0.2, 0.25) is 0 Å². The third-order valence-electron chi connectivity index (χ3n) is 4.24. The second-order valence-corrected chi connectivity index (χ2v) is 6.75. The third kappa shape index (κ3) is 2.26. The molecule has 3 heterocycles. The minimum atomic E-state index is 0.921. The number of aryl methyl sites for hydroxylation is 1. The van der Waals surface area contributed by atoms with Gasteiger partial charge in [0.15, 0.2) is 0 Å². The highest BCUT2D eigenvalue weighted by Crippen LogP contribution is 2.24. The third-order valence-corrected chi connectivity index (χ3v) is 5.26. The second kappa shape index (κ2) is 4.93. The van der Waals surface area contributed by atoms with Crippen LogP contribution in [0.4, 0.5) is 0 Å². The van der Waals surface area contributed by atoms with Gasteiger partial charge < -0.3 is 4.57 Å². The van der Waals surface area contributed by atoms with Crippen molar-refractivity contribution >= 4 is 21.6 Å². The predicted molar refractivity (Wildman–Crippen MR) is 85.4 cm³/mol. The molecular weight excluding hydrogens is 280 g/mol. The van der Waals surface area contributed by atoms with Gasteiger partial charge in [-0.1, -0.05) is 12.1 Å². The highest BCUT2D eigenvalue weighted by atomic mass is 32.1. The Bertz CT molecular complexity index is 769. The maximum Gasteiger partial charge on any atom is 0.123 e. The summed E-state index contributed by atoms with van der Waals surface area (Å²) in [5.41, 5.74) is 3.58. The summed E-state index contributed by atoms with van der Waals surface area (Å²) in [6.45, 7) is 8.20. The zero-order valence-electron chi connectivity index (χ0n) is 12.3. The Kier molecular flexibility index (Phi) is 3.05. The monoisotopic (exact) mass is 298 g/mol. The van der Waals surface area contributed by atoms with Gasteiger partial charge in [-0.15, -0.1) is 11.3 Å². The van der Waals surface area contributed by atoms with Crippen LogP contribution in [-0.2, 0) is 19.6 Å². The molecule has 4 rings (SSSR count). The number of rotatable bonds is 2. The fourth-order valence-corrected chi connectivity index (χ4v) is 3.99. The van der Waals surface area contributed by atoms with Crippen molar-refractivity contribution in [2.45, 2.75) is 33.5 Å². The first-order valence-corrected chi connectivity index (χ1v) is 8.12. The lowest BCUT2D eigenvalue weighted by Crippen LogP contribution is -2.33. The molecule has 2 aromatic heterocycles. The van der Waals surface area contributed by atoms with Gasteiger partial charge in [-0.3, -0.25) is 4.90 Å². The SMILES string of the molecule is Cc1nc2n(c1C)CCN(Cc1nc3ccccc3s1)C2. The van der Waals surface area contributed by atoms with E-state index in [1.54, 1.807) is 11.3 Å². The summed E-state index contributed by atoms with van der Waals surface area (Å²) in [5, 5.41) is 1.20. The minimum absolute atomic E-state index is 0.921. The number of hydrogen-bond acceptors (Lipinski definition) is 4. The first kappa shape index (κ1) is 13.0. The molecule has 0 spiro atoms. The van der Waals surface area contributed by atoms with E-state index in [0.29, 0.717) is 0 Å². The van der Waals surface area contributed by atoms with Crippen LogP contribution in [0.15, 0.2) is 24.3 Å². The lowest BCUT2D eigenvalue weighted by Gasteiger charge is -2.27. The van der Waals surface area contributed by atoms with Crippen LogP contribution in [0.25, 0.3) is 10.2 Å². The highest BCUT2D eigenvalue weighted by molar-refractivity contribution is 7.18. The first-order valence-electron chi connectivity index (χ1n) is 7.30. The molecule has 1 aliphatic rings. The van der Waals surface area contributed by atoms with Gasteiger partial charge in [-0.05, 0) is 26.0 Å². The van der Waals surface area contributed by atoms with Gasteiger partial charge in [0, 0.05) is 18.8 Å². The van der Waals surface area contributed by atoms with Crippen LogP contribution in [0.2, 0.25) is 0 Å². The van der Waals surface area contributed by atoms with Crippen molar-refractivity contribution in [3.05, 3.63) is 46.5 Å². The molecule has 1 aromatic carbocycles. The highest BCUT2D eigenvalue weighted by Gasteiger charge is 2.21. The molecule has 0 unspecified atom stereocenters. The van der Waals surface area contributed by atoms with Gasteiger partial charge in [0.05, 0.1) is 29.0 Å². The number of thiazole rings is 1. The summed E-state index contributed by atoms with van der Waals surface area (Å²) in [4.78, 5) is 11.9. The van der Waals surface area contributed by atoms with E-state index in [4.69, 9.17) is 4.98 Å². The summed E-state index contributed by atoms with van der Waals surface area (Å²) in [7, 11) is 0. The van der Waals surface area contributed by atoms with Crippen LogP contribution in [-0.4, -0.2) is 26.0 Å². The largest absolute Gasteiger partial charge is 0.330 e. The molecule has 0 saturated heterocycles. The molecule has 108 valence electrons. The Morgan fingerprint density at radius 1 is 1.14 bits per heavy atom. The topological polar surface area (TPSA) is 34.0 Å². The average Bonchev–Trinajstić information content (AvgIpc) is 3.00. The van der Waals surface area contributed by atoms with E-state index >= 15 is 0 Å². The fraction of sp³-hybridized carbons (Fsp3) is 0.375. The van der Waals surface area contributed by atoms with Crippen LogP contribution in [0.5, 0.6) is 0 Å². The molecule has 0 fully saturated rings. The molecule has 0 aliphatic carbocycles. The molecule has 4 nitrogen and oxygen atoms in total. The van der Waals surface area contributed by atoms with Crippen molar-refractivity contribution in [3.8, 4) is 0 Å². The minimum Gasteiger partial charge on any atom is -0.330 e. The van der Waals surface area contributed by atoms with Gasteiger partial charge in [0.25, 0.3) is 0 Å². The molecule has 0 atom stereocenters. The molecular formula is C16H18N4S. The lowest BCUT2D eigenvalue weighted by molar-refractivity contribution is 0.207. The molecule has 5 heteroatoms. The zero-order valence-corrected chi connectivity index (χ0v) is 13.2. The average molecular weight is 298 g/mol. The molecule has 0 radical (unpaired) electrons. The number of aromatic nitrogens is 3. The van der Waals surface area contributed by atoms with E-state index in [2.05, 4.69) is 52.6 Å². The number of fused-ring (bicyclic) bond motifs is 2. The molecule has 1 aliphatic heterocycles.